The number of benzene rings is 2. The second-order valence-electron chi connectivity index (χ2n) is 4.93. The minimum absolute atomic E-state index is 0.193. The molecule has 0 fully saturated rings. The average molecular weight is 328 g/mol. The fraction of sp³-hybridized carbons (Fsp3) is 0.125. The van der Waals surface area contributed by atoms with Crippen molar-refractivity contribution in [2.24, 2.45) is 0 Å². The number of aromatic amines is 1. The largest absolute Gasteiger partial charge is 0.322 e. The number of hydrogen-bond acceptors (Lipinski definition) is 4. The van der Waals surface area contributed by atoms with E-state index in [-0.39, 0.29) is 5.91 Å². The van der Waals surface area contributed by atoms with Gasteiger partial charge in [-0.05, 0) is 47.5 Å². The molecule has 0 aliphatic heterocycles. The van der Waals surface area contributed by atoms with Gasteiger partial charge in [-0.15, -0.1) is 10.2 Å². The monoisotopic (exact) mass is 327 g/mol. The van der Waals surface area contributed by atoms with Gasteiger partial charge in [0.15, 0.2) is 0 Å². The van der Waals surface area contributed by atoms with Crippen LogP contribution in [0.2, 0.25) is 5.02 Å². The minimum Gasteiger partial charge on any atom is -0.322 e. The van der Waals surface area contributed by atoms with Gasteiger partial charge in [-0.1, -0.05) is 30.7 Å². The molecule has 1 amide bonds. The summed E-state index contributed by atoms with van der Waals surface area (Å²) < 4.78 is 0. The average Bonchev–Trinajstić information content (AvgIpc) is 3.10. The molecule has 0 aliphatic carbocycles. The number of tetrazole rings is 1. The zero-order valence-electron chi connectivity index (χ0n) is 12.4. The first-order chi connectivity index (χ1) is 11.2. The van der Waals surface area contributed by atoms with Crippen LogP contribution in [0.25, 0.3) is 11.4 Å². The number of amides is 1. The maximum atomic E-state index is 12.4. The van der Waals surface area contributed by atoms with Crippen molar-refractivity contribution in [3.8, 4) is 11.4 Å². The van der Waals surface area contributed by atoms with Crippen LogP contribution >= 0.6 is 11.6 Å². The number of carbonyl (C=O) groups is 1. The first kappa shape index (κ1) is 15.2. The lowest BCUT2D eigenvalue weighted by Gasteiger charge is -2.08. The molecule has 0 bridgehead atoms. The van der Waals surface area contributed by atoms with Gasteiger partial charge in [-0.25, -0.2) is 0 Å². The predicted octanol–water partition coefficient (Wildman–Crippen LogP) is 3.33. The van der Waals surface area contributed by atoms with Gasteiger partial charge >= 0.3 is 0 Å². The molecule has 116 valence electrons. The molecule has 0 saturated heterocycles. The number of nitrogens with one attached hydrogen (secondary N) is 2. The van der Waals surface area contributed by atoms with E-state index < -0.39 is 0 Å². The number of nitrogens with zero attached hydrogens (tertiary/aromatic N) is 3. The van der Waals surface area contributed by atoms with E-state index in [1.807, 2.05) is 19.1 Å². The molecule has 0 radical (unpaired) electrons. The summed E-state index contributed by atoms with van der Waals surface area (Å²) in [7, 11) is 0. The van der Waals surface area contributed by atoms with Crippen molar-refractivity contribution in [3.05, 3.63) is 58.6 Å². The predicted molar refractivity (Wildman–Crippen MR) is 88.4 cm³/mol. The van der Waals surface area contributed by atoms with Crippen LogP contribution in [0.3, 0.4) is 0 Å². The first-order valence-electron chi connectivity index (χ1n) is 7.11. The molecule has 2 aromatic carbocycles. The molecule has 0 saturated carbocycles. The van der Waals surface area contributed by atoms with E-state index >= 15 is 0 Å². The van der Waals surface area contributed by atoms with E-state index in [0.29, 0.717) is 22.1 Å². The van der Waals surface area contributed by atoms with E-state index in [2.05, 4.69) is 25.9 Å². The van der Waals surface area contributed by atoms with Crippen molar-refractivity contribution in [1.29, 1.82) is 0 Å². The van der Waals surface area contributed by atoms with Gasteiger partial charge in [-0.2, -0.15) is 5.21 Å². The Kier molecular flexibility index (Phi) is 4.34. The van der Waals surface area contributed by atoms with Crippen molar-refractivity contribution in [2.75, 3.05) is 5.32 Å². The fourth-order valence-corrected chi connectivity index (χ4v) is 2.46. The second kappa shape index (κ2) is 6.58. The van der Waals surface area contributed by atoms with E-state index in [9.17, 15) is 4.79 Å². The van der Waals surface area contributed by atoms with Gasteiger partial charge < -0.3 is 5.32 Å². The number of aromatic nitrogens is 4. The molecule has 7 heteroatoms. The number of aryl methyl sites for hydroxylation is 1. The van der Waals surface area contributed by atoms with Crippen LogP contribution in [0.15, 0.2) is 42.5 Å². The Morgan fingerprint density at radius 1 is 1.26 bits per heavy atom. The Balaban J connectivity index is 1.82. The van der Waals surface area contributed by atoms with Gasteiger partial charge in [0, 0.05) is 21.8 Å². The van der Waals surface area contributed by atoms with E-state index in [1.54, 1.807) is 30.3 Å². The second-order valence-corrected chi connectivity index (χ2v) is 5.34. The molecule has 0 spiro atoms. The highest BCUT2D eigenvalue weighted by atomic mass is 35.5. The molecular weight excluding hydrogens is 314 g/mol. The van der Waals surface area contributed by atoms with Crippen molar-refractivity contribution < 1.29 is 4.79 Å². The Morgan fingerprint density at radius 3 is 2.87 bits per heavy atom. The van der Waals surface area contributed by atoms with Crippen LogP contribution in [0.4, 0.5) is 5.69 Å². The number of H-pyrrole nitrogens is 1. The minimum atomic E-state index is -0.193. The zero-order valence-corrected chi connectivity index (χ0v) is 13.1. The molecule has 23 heavy (non-hydrogen) atoms. The summed E-state index contributed by atoms with van der Waals surface area (Å²) in [5.74, 6) is 0.280. The number of hydrogen-bond donors (Lipinski definition) is 2. The molecule has 0 unspecified atom stereocenters. The summed E-state index contributed by atoms with van der Waals surface area (Å²) in [6.07, 6.45) is 0.771. The normalized spacial score (nSPS) is 10.5. The van der Waals surface area contributed by atoms with Crippen LogP contribution in [0.5, 0.6) is 0 Å². The van der Waals surface area contributed by atoms with Crippen LogP contribution < -0.4 is 5.32 Å². The molecule has 3 aromatic rings. The number of carbonyl (C=O) groups excluding carboxylic acids is 1. The van der Waals surface area contributed by atoms with E-state index in [1.165, 1.54) is 0 Å². The van der Waals surface area contributed by atoms with Gasteiger partial charge in [0.1, 0.15) is 0 Å². The van der Waals surface area contributed by atoms with Gasteiger partial charge in [0.05, 0.1) is 0 Å². The molecule has 6 nitrogen and oxygen atoms in total. The van der Waals surface area contributed by atoms with E-state index in [4.69, 9.17) is 11.6 Å². The number of rotatable bonds is 4. The summed E-state index contributed by atoms with van der Waals surface area (Å²) in [5, 5.41) is 17.3. The highest BCUT2D eigenvalue weighted by Crippen LogP contribution is 2.21. The Morgan fingerprint density at radius 2 is 2.13 bits per heavy atom. The quantitative estimate of drug-likeness (QED) is 0.769. The van der Waals surface area contributed by atoms with Crippen LogP contribution in [-0.4, -0.2) is 26.5 Å². The summed E-state index contributed by atoms with van der Waals surface area (Å²) in [6.45, 7) is 2.00. The van der Waals surface area contributed by atoms with E-state index in [0.717, 1.165) is 17.5 Å². The third kappa shape index (κ3) is 3.37. The lowest BCUT2D eigenvalue weighted by Crippen LogP contribution is -2.12. The third-order valence-electron chi connectivity index (χ3n) is 3.41. The maximum Gasteiger partial charge on any atom is 0.255 e. The summed E-state index contributed by atoms with van der Waals surface area (Å²) in [6, 6.07) is 12.5. The third-order valence-corrected chi connectivity index (χ3v) is 3.78. The Hall–Kier alpha value is -2.73. The molecule has 1 aromatic heterocycles. The Bertz CT molecular complexity index is 832. The molecule has 0 atom stereocenters. The van der Waals surface area contributed by atoms with Gasteiger partial charge in [0.25, 0.3) is 5.91 Å². The summed E-state index contributed by atoms with van der Waals surface area (Å²) >= 11 is 6.08. The molecule has 0 aliphatic rings. The van der Waals surface area contributed by atoms with Gasteiger partial charge in [-0.3, -0.25) is 4.79 Å². The summed E-state index contributed by atoms with van der Waals surface area (Å²) in [4.78, 5) is 12.4. The lowest BCUT2D eigenvalue weighted by atomic mass is 10.1. The lowest BCUT2D eigenvalue weighted by molar-refractivity contribution is 0.102. The van der Waals surface area contributed by atoms with Crippen molar-refractivity contribution >= 4 is 23.2 Å². The van der Waals surface area contributed by atoms with Crippen molar-refractivity contribution in [1.82, 2.24) is 20.6 Å². The molecule has 2 N–H and O–H groups in total. The maximum absolute atomic E-state index is 12.4. The molecule has 1 heterocycles. The van der Waals surface area contributed by atoms with Crippen molar-refractivity contribution in [3.63, 3.8) is 0 Å². The van der Waals surface area contributed by atoms with Crippen LogP contribution in [0.1, 0.15) is 22.8 Å². The smallest absolute Gasteiger partial charge is 0.255 e. The molecular formula is C16H14ClN5O. The number of halogens is 1. The fourth-order valence-electron chi connectivity index (χ4n) is 2.21. The number of anilines is 1. The summed E-state index contributed by atoms with van der Waals surface area (Å²) in [5.41, 5.74) is 2.93. The van der Waals surface area contributed by atoms with Crippen molar-refractivity contribution in [2.45, 2.75) is 13.3 Å². The van der Waals surface area contributed by atoms with Crippen LogP contribution in [-0.2, 0) is 6.42 Å². The topological polar surface area (TPSA) is 83.6 Å². The first-order valence-corrected chi connectivity index (χ1v) is 7.49. The van der Waals surface area contributed by atoms with Gasteiger partial charge in [0.2, 0.25) is 5.82 Å². The SMILES string of the molecule is CCc1cc(C(=O)Nc2cccc(-c3nn[nH]n3)c2)ccc1Cl. The highest BCUT2D eigenvalue weighted by molar-refractivity contribution is 6.31. The molecule has 3 rings (SSSR count). The highest BCUT2D eigenvalue weighted by Gasteiger charge is 2.10. The zero-order chi connectivity index (χ0) is 16.2. The standard InChI is InChI=1S/C16H14ClN5O/c1-2-10-8-12(6-7-14(10)17)16(23)18-13-5-3-4-11(9-13)15-19-21-22-20-15/h3-9H,2H2,1H3,(H,18,23)(H,19,20,21,22). The van der Waals surface area contributed by atoms with Crippen LogP contribution in [0, 0.1) is 0 Å². The Labute approximate surface area is 137 Å².